The van der Waals surface area contributed by atoms with E-state index in [2.05, 4.69) is 25.2 Å². The van der Waals surface area contributed by atoms with Gasteiger partial charge in [0, 0.05) is 12.6 Å². The summed E-state index contributed by atoms with van der Waals surface area (Å²) in [5.74, 6) is 0.722. The van der Waals surface area contributed by atoms with Crippen LogP contribution in [0.4, 0.5) is 4.39 Å². The standard InChI is InChI=1S/C16H22FN/c1-11(2)16(8-9-16)10-18-15-7-6-12-13(15)4-3-5-14(12)17/h3-5,11,15,18H,6-10H2,1-2H3. The number of hydrogen-bond donors (Lipinski definition) is 1. The van der Waals surface area contributed by atoms with E-state index in [4.69, 9.17) is 0 Å². The maximum absolute atomic E-state index is 13.7. The Morgan fingerprint density at radius 3 is 2.83 bits per heavy atom. The van der Waals surface area contributed by atoms with E-state index in [0.29, 0.717) is 11.5 Å². The average molecular weight is 247 g/mol. The highest BCUT2D eigenvalue weighted by Crippen LogP contribution is 2.51. The monoisotopic (exact) mass is 247 g/mol. The topological polar surface area (TPSA) is 12.0 Å². The van der Waals surface area contributed by atoms with Crippen LogP contribution in [0.5, 0.6) is 0 Å². The third-order valence-electron chi connectivity index (χ3n) is 5.03. The Hall–Kier alpha value is -0.890. The molecule has 1 aromatic carbocycles. The molecule has 2 aliphatic rings. The minimum Gasteiger partial charge on any atom is -0.309 e. The zero-order valence-electron chi connectivity index (χ0n) is 11.3. The second-order valence-corrected chi connectivity index (χ2v) is 6.30. The summed E-state index contributed by atoms with van der Waals surface area (Å²) in [6.45, 7) is 5.72. The van der Waals surface area contributed by atoms with Gasteiger partial charge in [-0.15, -0.1) is 0 Å². The molecule has 3 rings (SSSR count). The molecule has 0 aromatic heterocycles. The first-order chi connectivity index (χ1) is 8.62. The molecule has 1 aromatic rings. The zero-order chi connectivity index (χ0) is 12.8. The third-order valence-corrected chi connectivity index (χ3v) is 5.03. The van der Waals surface area contributed by atoms with Gasteiger partial charge in [0.1, 0.15) is 5.82 Å². The minimum absolute atomic E-state index is 0.0261. The van der Waals surface area contributed by atoms with Crippen LogP contribution in [0.1, 0.15) is 50.3 Å². The Morgan fingerprint density at radius 2 is 2.17 bits per heavy atom. The highest BCUT2D eigenvalue weighted by molar-refractivity contribution is 5.35. The molecule has 0 spiro atoms. The van der Waals surface area contributed by atoms with Crippen LogP contribution in [0.2, 0.25) is 0 Å². The molecule has 0 saturated heterocycles. The van der Waals surface area contributed by atoms with Crippen LogP contribution in [0.15, 0.2) is 18.2 Å². The molecule has 1 fully saturated rings. The van der Waals surface area contributed by atoms with Crippen molar-refractivity contribution in [3.8, 4) is 0 Å². The minimum atomic E-state index is -0.0261. The quantitative estimate of drug-likeness (QED) is 0.852. The molecule has 2 heteroatoms. The van der Waals surface area contributed by atoms with E-state index in [-0.39, 0.29) is 5.82 Å². The van der Waals surface area contributed by atoms with Crippen LogP contribution >= 0.6 is 0 Å². The van der Waals surface area contributed by atoms with Gasteiger partial charge >= 0.3 is 0 Å². The van der Waals surface area contributed by atoms with Crippen LogP contribution in [-0.2, 0) is 6.42 Å². The summed E-state index contributed by atoms with van der Waals surface area (Å²) in [4.78, 5) is 0. The molecule has 18 heavy (non-hydrogen) atoms. The molecule has 1 atom stereocenters. The van der Waals surface area contributed by atoms with Crippen molar-refractivity contribution >= 4 is 0 Å². The van der Waals surface area contributed by atoms with E-state index in [0.717, 1.165) is 30.9 Å². The van der Waals surface area contributed by atoms with Gasteiger partial charge in [0.05, 0.1) is 0 Å². The fourth-order valence-corrected chi connectivity index (χ4v) is 3.27. The lowest BCUT2D eigenvalue weighted by atomic mass is 9.92. The van der Waals surface area contributed by atoms with Gasteiger partial charge < -0.3 is 5.32 Å². The number of halogens is 1. The van der Waals surface area contributed by atoms with Gasteiger partial charge in [-0.05, 0) is 54.2 Å². The van der Waals surface area contributed by atoms with Gasteiger partial charge in [-0.3, -0.25) is 0 Å². The molecule has 1 nitrogen and oxygen atoms in total. The van der Waals surface area contributed by atoms with Gasteiger partial charge in [-0.2, -0.15) is 0 Å². The van der Waals surface area contributed by atoms with Gasteiger partial charge in [-0.25, -0.2) is 4.39 Å². The van der Waals surface area contributed by atoms with Crippen LogP contribution < -0.4 is 5.32 Å². The maximum atomic E-state index is 13.7. The number of rotatable bonds is 4. The van der Waals surface area contributed by atoms with E-state index in [1.807, 2.05) is 6.07 Å². The molecule has 0 radical (unpaired) electrons. The molecule has 0 amide bonds. The number of nitrogens with one attached hydrogen (secondary N) is 1. The molecule has 1 unspecified atom stereocenters. The van der Waals surface area contributed by atoms with Crippen LogP contribution in [0.3, 0.4) is 0 Å². The molecule has 1 N–H and O–H groups in total. The van der Waals surface area contributed by atoms with Crippen molar-refractivity contribution < 1.29 is 4.39 Å². The van der Waals surface area contributed by atoms with Crippen molar-refractivity contribution in [2.75, 3.05) is 6.54 Å². The van der Waals surface area contributed by atoms with Crippen LogP contribution in [0.25, 0.3) is 0 Å². The Balaban J connectivity index is 1.69. The lowest BCUT2D eigenvalue weighted by Gasteiger charge is -2.23. The molecule has 1 saturated carbocycles. The molecular weight excluding hydrogens is 225 g/mol. The summed E-state index contributed by atoms with van der Waals surface area (Å²) in [7, 11) is 0. The van der Waals surface area contributed by atoms with Crippen molar-refractivity contribution in [3.63, 3.8) is 0 Å². The normalized spacial score (nSPS) is 24.3. The summed E-state index contributed by atoms with van der Waals surface area (Å²) in [6.07, 6.45) is 4.62. The van der Waals surface area contributed by atoms with Crippen molar-refractivity contribution in [2.24, 2.45) is 11.3 Å². The lowest BCUT2D eigenvalue weighted by molar-refractivity contribution is 0.320. The highest BCUT2D eigenvalue weighted by Gasteiger charge is 2.45. The first-order valence-corrected chi connectivity index (χ1v) is 7.13. The van der Waals surface area contributed by atoms with Gasteiger partial charge in [0.2, 0.25) is 0 Å². The van der Waals surface area contributed by atoms with Crippen molar-refractivity contribution in [2.45, 2.75) is 45.6 Å². The third kappa shape index (κ3) is 1.97. The van der Waals surface area contributed by atoms with E-state index >= 15 is 0 Å². The SMILES string of the molecule is CC(C)C1(CNC2CCc3c(F)cccc32)CC1. The molecular formula is C16H22FN. The second kappa shape index (κ2) is 4.34. The number of fused-ring (bicyclic) bond motifs is 1. The maximum Gasteiger partial charge on any atom is 0.126 e. The van der Waals surface area contributed by atoms with E-state index in [1.54, 1.807) is 6.07 Å². The fraction of sp³-hybridized carbons (Fsp3) is 0.625. The Bertz CT molecular complexity index is 448. The Morgan fingerprint density at radius 1 is 1.39 bits per heavy atom. The van der Waals surface area contributed by atoms with Crippen molar-refractivity contribution in [1.82, 2.24) is 5.32 Å². The first kappa shape index (κ1) is 12.2. The summed E-state index contributed by atoms with van der Waals surface area (Å²) in [6, 6.07) is 5.87. The second-order valence-electron chi connectivity index (χ2n) is 6.30. The molecule has 0 aliphatic heterocycles. The highest BCUT2D eigenvalue weighted by atomic mass is 19.1. The van der Waals surface area contributed by atoms with Crippen LogP contribution in [0, 0.1) is 17.2 Å². The average Bonchev–Trinajstić information content (AvgIpc) is 3.03. The molecule has 0 heterocycles. The molecule has 2 aliphatic carbocycles. The molecule has 0 bridgehead atoms. The largest absolute Gasteiger partial charge is 0.309 e. The number of hydrogen-bond acceptors (Lipinski definition) is 1. The van der Waals surface area contributed by atoms with Gasteiger partial charge in [0.25, 0.3) is 0 Å². The van der Waals surface area contributed by atoms with E-state index < -0.39 is 0 Å². The summed E-state index contributed by atoms with van der Waals surface area (Å²) >= 11 is 0. The fourth-order valence-electron chi connectivity index (χ4n) is 3.27. The predicted molar refractivity (Wildman–Crippen MR) is 72.0 cm³/mol. The van der Waals surface area contributed by atoms with Gasteiger partial charge in [0.15, 0.2) is 0 Å². The summed E-state index contributed by atoms with van der Waals surface area (Å²) in [5, 5.41) is 3.68. The zero-order valence-corrected chi connectivity index (χ0v) is 11.3. The predicted octanol–water partition coefficient (Wildman–Crippen LogP) is 3.84. The lowest BCUT2D eigenvalue weighted by Crippen LogP contribution is -2.30. The van der Waals surface area contributed by atoms with E-state index in [1.165, 1.54) is 18.4 Å². The summed E-state index contributed by atoms with van der Waals surface area (Å²) < 4.78 is 13.7. The van der Waals surface area contributed by atoms with Crippen molar-refractivity contribution in [1.29, 1.82) is 0 Å². The smallest absolute Gasteiger partial charge is 0.126 e. The van der Waals surface area contributed by atoms with Gasteiger partial charge in [-0.1, -0.05) is 26.0 Å². The summed E-state index contributed by atoms with van der Waals surface area (Å²) in [5.41, 5.74) is 2.65. The molecule has 98 valence electrons. The Kier molecular flexibility index (Phi) is 2.93. The number of benzene rings is 1. The van der Waals surface area contributed by atoms with E-state index in [9.17, 15) is 4.39 Å². The Labute approximate surface area is 109 Å². The first-order valence-electron chi connectivity index (χ1n) is 7.13. The van der Waals surface area contributed by atoms with Crippen molar-refractivity contribution in [3.05, 3.63) is 35.1 Å². The van der Waals surface area contributed by atoms with Crippen LogP contribution in [-0.4, -0.2) is 6.54 Å².